The van der Waals surface area contributed by atoms with Crippen molar-refractivity contribution in [3.63, 3.8) is 0 Å². The zero-order valence-corrected chi connectivity index (χ0v) is 16.1. The molecule has 0 bridgehead atoms. The molecule has 0 aliphatic heterocycles. The molecule has 1 atom stereocenters. The number of halogens is 2. The van der Waals surface area contributed by atoms with Crippen molar-refractivity contribution in [3.05, 3.63) is 58.1 Å². The summed E-state index contributed by atoms with van der Waals surface area (Å²) >= 11 is 17.0. The van der Waals surface area contributed by atoms with Gasteiger partial charge in [0.2, 0.25) is 0 Å². The van der Waals surface area contributed by atoms with E-state index < -0.39 is 0 Å². The van der Waals surface area contributed by atoms with E-state index in [1.807, 2.05) is 19.9 Å². The number of ether oxygens (including phenoxy) is 1. The van der Waals surface area contributed by atoms with Gasteiger partial charge in [0.05, 0.1) is 16.1 Å². The van der Waals surface area contributed by atoms with E-state index in [0.717, 1.165) is 6.42 Å². The molecule has 1 unspecified atom stereocenters. The van der Waals surface area contributed by atoms with Crippen LogP contribution < -0.4 is 15.4 Å². The molecule has 25 heavy (non-hydrogen) atoms. The highest BCUT2D eigenvalue weighted by Crippen LogP contribution is 2.25. The van der Waals surface area contributed by atoms with Gasteiger partial charge < -0.3 is 10.1 Å². The van der Waals surface area contributed by atoms with E-state index in [-0.39, 0.29) is 17.1 Å². The van der Waals surface area contributed by atoms with Crippen LogP contribution in [0.25, 0.3) is 0 Å². The number of hydrogen-bond acceptors (Lipinski definition) is 3. The first-order valence-electron chi connectivity index (χ1n) is 7.73. The fourth-order valence-electron chi connectivity index (χ4n) is 1.94. The zero-order chi connectivity index (χ0) is 18.4. The lowest BCUT2D eigenvalue weighted by atomic mass is 10.2. The number of thiocarbonyl (C=S) groups is 1. The van der Waals surface area contributed by atoms with Gasteiger partial charge in [-0.3, -0.25) is 10.1 Å². The second-order valence-electron chi connectivity index (χ2n) is 5.40. The highest BCUT2D eigenvalue weighted by molar-refractivity contribution is 7.80. The van der Waals surface area contributed by atoms with Crippen LogP contribution in [0, 0.1) is 0 Å². The van der Waals surface area contributed by atoms with Crippen LogP contribution in [0.1, 0.15) is 30.6 Å². The predicted octanol–water partition coefficient (Wildman–Crippen LogP) is 5.30. The molecule has 7 heteroatoms. The van der Waals surface area contributed by atoms with Crippen molar-refractivity contribution < 1.29 is 9.53 Å². The number of carbonyl (C=O) groups is 1. The molecular formula is C18H18Cl2N2O2S. The quantitative estimate of drug-likeness (QED) is 0.673. The van der Waals surface area contributed by atoms with Gasteiger partial charge in [0.25, 0.3) is 5.91 Å². The maximum atomic E-state index is 12.3. The number of carbonyl (C=O) groups excluding carboxylic acids is 1. The monoisotopic (exact) mass is 396 g/mol. The smallest absolute Gasteiger partial charge is 0.257 e. The van der Waals surface area contributed by atoms with E-state index in [2.05, 4.69) is 10.6 Å². The summed E-state index contributed by atoms with van der Waals surface area (Å²) in [6, 6.07) is 11.9. The Bertz CT molecular complexity index is 783. The molecule has 0 saturated heterocycles. The Labute approximate surface area is 162 Å². The van der Waals surface area contributed by atoms with Gasteiger partial charge in [0.1, 0.15) is 5.75 Å². The second-order valence-corrected chi connectivity index (χ2v) is 6.62. The molecule has 2 aromatic carbocycles. The summed E-state index contributed by atoms with van der Waals surface area (Å²) in [4.78, 5) is 12.3. The molecule has 0 aromatic heterocycles. The maximum Gasteiger partial charge on any atom is 0.257 e. The average Bonchev–Trinajstić information content (AvgIpc) is 2.58. The first-order valence-corrected chi connectivity index (χ1v) is 8.89. The van der Waals surface area contributed by atoms with Gasteiger partial charge in [-0.1, -0.05) is 36.2 Å². The van der Waals surface area contributed by atoms with Crippen LogP contribution in [0.2, 0.25) is 10.0 Å². The summed E-state index contributed by atoms with van der Waals surface area (Å²) in [5.41, 5.74) is 1.09. The zero-order valence-electron chi connectivity index (χ0n) is 13.8. The molecule has 2 aromatic rings. The molecule has 2 rings (SSSR count). The van der Waals surface area contributed by atoms with Gasteiger partial charge >= 0.3 is 0 Å². The Kier molecular flexibility index (Phi) is 7.05. The number of amides is 1. The van der Waals surface area contributed by atoms with Crippen molar-refractivity contribution in [2.75, 3.05) is 5.32 Å². The molecule has 2 N–H and O–H groups in total. The maximum absolute atomic E-state index is 12.3. The molecule has 0 spiro atoms. The number of hydrogen-bond donors (Lipinski definition) is 2. The Morgan fingerprint density at radius 2 is 1.96 bits per heavy atom. The number of benzene rings is 2. The number of rotatable bonds is 5. The molecule has 132 valence electrons. The lowest BCUT2D eigenvalue weighted by molar-refractivity contribution is 0.0977. The summed E-state index contributed by atoms with van der Waals surface area (Å²) in [5.74, 6) is 0.317. The van der Waals surface area contributed by atoms with E-state index in [9.17, 15) is 4.79 Å². The van der Waals surface area contributed by atoms with Gasteiger partial charge in [-0.15, -0.1) is 0 Å². The first-order chi connectivity index (χ1) is 11.9. The van der Waals surface area contributed by atoms with Gasteiger partial charge in [-0.05, 0) is 62.0 Å². The third-order valence-electron chi connectivity index (χ3n) is 3.41. The molecule has 4 nitrogen and oxygen atoms in total. The average molecular weight is 397 g/mol. The van der Waals surface area contributed by atoms with E-state index in [0.29, 0.717) is 27.0 Å². The van der Waals surface area contributed by atoms with Crippen LogP contribution in [0.15, 0.2) is 42.5 Å². The standard InChI is InChI=1S/C18H18Cl2N2O2S/c1-3-11(2)24-14-6-4-5-12(9-14)17(23)22-18(25)21-13-7-8-15(19)16(20)10-13/h4-11H,3H2,1-2H3,(H2,21,22,23,25). The Morgan fingerprint density at radius 1 is 1.20 bits per heavy atom. The van der Waals surface area contributed by atoms with Gasteiger partial charge in [0, 0.05) is 11.3 Å². The summed E-state index contributed by atoms with van der Waals surface area (Å²) in [6.07, 6.45) is 0.962. The van der Waals surface area contributed by atoms with Crippen LogP contribution in [-0.4, -0.2) is 17.1 Å². The lowest BCUT2D eigenvalue weighted by Crippen LogP contribution is -2.34. The molecule has 0 aliphatic rings. The van der Waals surface area contributed by atoms with Crippen molar-refractivity contribution in [2.45, 2.75) is 26.4 Å². The van der Waals surface area contributed by atoms with E-state index in [4.69, 9.17) is 40.2 Å². The van der Waals surface area contributed by atoms with Crippen molar-refractivity contribution >= 4 is 52.1 Å². The fraction of sp³-hybridized carbons (Fsp3) is 0.222. The molecular weight excluding hydrogens is 379 g/mol. The van der Waals surface area contributed by atoms with E-state index in [1.165, 1.54) is 0 Å². The van der Waals surface area contributed by atoms with Crippen LogP contribution in [0.3, 0.4) is 0 Å². The lowest BCUT2D eigenvalue weighted by Gasteiger charge is -2.14. The minimum atomic E-state index is -0.327. The van der Waals surface area contributed by atoms with Crippen LogP contribution in [-0.2, 0) is 0 Å². The minimum absolute atomic E-state index is 0.0794. The van der Waals surface area contributed by atoms with Crippen molar-refractivity contribution in [2.24, 2.45) is 0 Å². The normalized spacial score (nSPS) is 11.5. The molecule has 1 amide bonds. The summed E-state index contributed by atoms with van der Waals surface area (Å²) < 4.78 is 5.72. The van der Waals surface area contributed by atoms with Gasteiger partial charge in [0.15, 0.2) is 5.11 Å². The SMILES string of the molecule is CCC(C)Oc1cccc(C(=O)NC(=S)Nc2ccc(Cl)c(Cl)c2)c1. The predicted molar refractivity (Wildman–Crippen MR) is 107 cm³/mol. The Balaban J connectivity index is 2.00. The first kappa shape index (κ1) is 19.5. The third-order valence-corrected chi connectivity index (χ3v) is 4.36. The van der Waals surface area contributed by atoms with Crippen LogP contribution in [0.4, 0.5) is 5.69 Å². The van der Waals surface area contributed by atoms with Crippen molar-refractivity contribution in [1.82, 2.24) is 5.32 Å². The Hall–Kier alpha value is -1.82. The van der Waals surface area contributed by atoms with Gasteiger partial charge in [-0.2, -0.15) is 0 Å². The summed E-state index contributed by atoms with van der Waals surface area (Å²) in [7, 11) is 0. The van der Waals surface area contributed by atoms with E-state index >= 15 is 0 Å². The molecule has 0 radical (unpaired) electrons. The topological polar surface area (TPSA) is 50.4 Å². The highest BCUT2D eigenvalue weighted by atomic mass is 35.5. The molecule has 0 saturated carbocycles. The van der Waals surface area contributed by atoms with Crippen molar-refractivity contribution in [1.29, 1.82) is 0 Å². The Morgan fingerprint density at radius 3 is 2.64 bits per heavy atom. The van der Waals surface area contributed by atoms with E-state index in [1.54, 1.807) is 36.4 Å². The van der Waals surface area contributed by atoms with Crippen molar-refractivity contribution in [3.8, 4) is 5.75 Å². The molecule has 0 aliphatic carbocycles. The highest BCUT2D eigenvalue weighted by Gasteiger charge is 2.10. The molecule has 0 heterocycles. The fourth-order valence-corrected chi connectivity index (χ4v) is 2.45. The summed E-state index contributed by atoms with van der Waals surface area (Å²) in [6.45, 7) is 4.01. The second kappa shape index (κ2) is 9.04. The number of anilines is 1. The van der Waals surface area contributed by atoms with Crippen LogP contribution >= 0.6 is 35.4 Å². The largest absolute Gasteiger partial charge is 0.491 e. The third kappa shape index (κ3) is 5.88. The summed E-state index contributed by atoms with van der Waals surface area (Å²) in [5, 5.41) is 6.52. The number of nitrogens with one attached hydrogen (secondary N) is 2. The van der Waals surface area contributed by atoms with Gasteiger partial charge in [-0.25, -0.2) is 0 Å². The minimum Gasteiger partial charge on any atom is -0.491 e. The van der Waals surface area contributed by atoms with Crippen LogP contribution in [0.5, 0.6) is 5.75 Å². The molecule has 0 fully saturated rings.